The van der Waals surface area contributed by atoms with E-state index in [1.54, 1.807) is 0 Å². The molecule has 7 nitrogen and oxygen atoms in total. The number of hydrogen-bond acceptors (Lipinski definition) is 7. The number of anilines is 1. The Morgan fingerprint density at radius 2 is 1.90 bits per heavy atom. The van der Waals surface area contributed by atoms with Crippen LogP contribution < -0.4 is 5.73 Å². The number of hydrogen-bond donors (Lipinski definition) is 2. The first-order valence-corrected chi connectivity index (χ1v) is 7.44. The van der Waals surface area contributed by atoms with Crippen molar-refractivity contribution in [2.75, 3.05) is 5.73 Å². The van der Waals surface area contributed by atoms with Crippen molar-refractivity contribution < 1.29 is 13.0 Å². The molecule has 0 amide bonds. The molecular formula is C11H8N4O3S2. The molecule has 0 aliphatic carbocycles. The Balaban J connectivity index is 2.21. The fourth-order valence-corrected chi connectivity index (χ4v) is 2.50. The van der Waals surface area contributed by atoms with Gasteiger partial charge in [0.25, 0.3) is 10.1 Å². The molecule has 0 atom stereocenters. The highest BCUT2D eigenvalue weighted by molar-refractivity contribution is 7.85. The normalized spacial score (nSPS) is 11.6. The quantitative estimate of drug-likeness (QED) is 0.665. The lowest BCUT2D eigenvalue weighted by Gasteiger charge is -1.96. The van der Waals surface area contributed by atoms with Crippen LogP contribution in [0.4, 0.5) is 15.7 Å². The van der Waals surface area contributed by atoms with E-state index >= 15 is 0 Å². The van der Waals surface area contributed by atoms with Crippen LogP contribution in [0.25, 0.3) is 0 Å². The van der Waals surface area contributed by atoms with E-state index in [1.807, 2.05) is 6.07 Å². The molecular weight excluding hydrogens is 300 g/mol. The molecule has 2 aromatic rings. The molecule has 0 bridgehead atoms. The largest absolute Gasteiger partial charge is 0.389 e. The number of azo groups is 1. The molecule has 1 heterocycles. The van der Waals surface area contributed by atoms with E-state index in [1.165, 1.54) is 30.3 Å². The van der Waals surface area contributed by atoms with Crippen LogP contribution in [0.1, 0.15) is 5.56 Å². The number of thiophene rings is 1. The van der Waals surface area contributed by atoms with Crippen LogP contribution in [0.2, 0.25) is 0 Å². The second-order valence-electron chi connectivity index (χ2n) is 3.64. The summed E-state index contributed by atoms with van der Waals surface area (Å²) in [7, 11) is -4.22. The van der Waals surface area contributed by atoms with Crippen molar-refractivity contribution >= 4 is 37.1 Å². The van der Waals surface area contributed by atoms with Gasteiger partial charge in [-0.25, -0.2) is 0 Å². The average molecular weight is 308 g/mol. The first-order valence-electron chi connectivity index (χ1n) is 5.19. The lowest BCUT2D eigenvalue weighted by molar-refractivity contribution is 0.483. The number of nitrogen functional groups attached to an aromatic ring is 1. The van der Waals surface area contributed by atoms with Gasteiger partial charge in [0.15, 0.2) is 0 Å². The molecule has 0 fully saturated rings. The van der Waals surface area contributed by atoms with Crippen LogP contribution in [-0.2, 0) is 10.1 Å². The van der Waals surface area contributed by atoms with Gasteiger partial charge in [-0.2, -0.15) is 13.7 Å². The molecule has 3 N–H and O–H groups in total. The van der Waals surface area contributed by atoms with E-state index < -0.39 is 10.1 Å². The van der Waals surface area contributed by atoms with E-state index in [-0.39, 0.29) is 4.90 Å². The third kappa shape index (κ3) is 3.18. The maximum Gasteiger partial charge on any atom is 0.294 e. The van der Waals surface area contributed by atoms with Crippen molar-refractivity contribution in [1.29, 1.82) is 5.26 Å². The minimum absolute atomic E-state index is 0.219. The van der Waals surface area contributed by atoms with Gasteiger partial charge in [0.1, 0.15) is 16.1 Å². The first-order chi connectivity index (χ1) is 9.40. The molecule has 20 heavy (non-hydrogen) atoms. The topological polar surface area (TPSA) is 129 Å². The van der Waals surface area contributed by atoms with E-state index in [2.05, 4.69) is 10.2 Å². The van der Waals surface area contributed by atoms with Crippen molar-refractivity contribution in [2.24, 2.45) is 10.2 Å². The number of nitriles is 1. The standard InChI is InChI=1S/C11H8N4O3S2/c12-6-7-5-10(19-11(7)13)15-14-8-1-3-9(4-2-8)20(16,17)18/h1-5H,13H2,(H,16,17,18). The summed E-state index contributed by atoms with van der Waals surface area (Å²) >= 11 is 1.12. The summed E-state index contributed by atoms with van der Waals surface area (Å²) in [5.41, 5.74) is 6.33. The van der Waals surface area contributed by atoms with Crippen molar-refractivity contribution in [3.8, 4) is 6.07 Å². The predicted molar refractivity (Wildman–Crippen MR) is 73.9 cm³/mol. The molecule has 9 heteroatoms. The number of nitrogens with zero attached hydrogens (tertiary/aromatic N) is 3. The van der Waals surface area contributed by atoms with Gasteiger partial charge >= 0.3 is 0 Å². The highest BCUT2D eigenvalue weighted by Crippen LogP contribution is 2.32. The van der Waals surface area contributed by atoms with E-state index in [0.717, 1.165) is 11.3 Å². The smallest absolute Gasteiger partial charge is 0.294 e. The highest BCUT2D eigenvalue weighted by atomic mass is 32.2. The van der Waals surface area contributed by atoms with Gasteiger partial charge in [0.2, 0.25) is 0 Å². The second kappa shape index (κ2) is 5.38. The highest BCUT2D eigenvalue weighted by Gasteiger charge is 2.08. The Labute approximate surface area is 118 Å². The minimum Gasteiger partial charge on any atom is -0.389 e. The summed E-state index contributed by atoms with van der Waals surface area (Å²) in [5, 5.41) is 17.4. The van der Waals surface area contributed by atoms with Crippen LogP contribution in [0.15, 0.2) is 45.5 Å². The summed E-state index contributed by atoms with van der Waals surface area (Å²) in [5.74, 6) is 0. The van der Waals surface area contributed by atoms with Crippen LogP contribution in [-0.4, -0.2) is 13.0 Å². The van der Waals surface area contributed by atoms with Gasteiger partial charge in [0.05, 0.1) is 16.1 Å². The zero-order valence-corrected chi connectivity index (χ0v) is 11.5. The number of nitrogens with two attached hydrogens (primary N) is 1. The van der Waals surface area contributed by atoms with Crippen LogP contribution in [0.5, 0.6) is 0 Å². The zero-order chi connectivity index (χ0) is 14.8. The molecule has 0 aliphatic rings. The summed E-state index contributed by atoms with van der Waals surface area (Å²) < 4.78 is 30.5. The molecule has 1 aromatic carbocycles. The number of rotatable bonds is 3. The molecule has 0 spiro atoms. The van der Waals surface area contributed by atoms with Crippen molar-refractivity contribution in [1.82, 2.24) is 0 Å². The molecule has 102 valence electrons. The zero-order valence-electron chi connectivity index (χ0n) is 9.89. The first kappa shape index (κ1) is 14.1. The molecule has 0 saturated carbocycles. The molecule has 0 unspecified atom stereocenters. The fraction of sp³-hybridized carbons (Fsp3) is 0. The molecule has 0 radical (unpaired) electrons. The molecule has 0 aliphatic heterocycles. The Kier molecular flexibility index (Phi) is 3.80. The molecule has 0 saturated heterocycles. The third-order valence-electron chi connectivity index (χ3n) is 2.27. The van der Waals surface area contributed by atoms with E-state index in [9.17, 15) is 8.42 Å². The lowest BCUT2D eigenvalue weighted by Crippen LogP contribution is -1.96. The Hall–Kier alpha value is -2.28. The summed E-state index contributed by atoms with van der Waals surface area (Å²) in [4.78, 5) is -0.219. The maximum atomic E-state index is 10.9. The van der Waals surface area contributed by atoms with E-state index in [0.29, 0.717) is 21.3 Å². The fourth-order valence-electron chi connectivity index (χ4n) is 1.32. The van der Waals surface area contributed by atoms with Crippen molar-refractivity contribution in [3.05, 3.63) is 35.9 Å². The van der Waals surface area contributed by atoms with Gasteiger partial charge in [-0.05, 0) is 30.3 Å². The predicted octanol–water partition coefficient (Wildman–Crippen LogP) is 2.86. The SMILES string of the molecule is N#Cc1cc(N=Nc2ccc(S(=O)(=O)O)cc2)sc1N. The summed E-state index contributed by atoms with van der Waals surface area (Å²) in [6.45, 7) is 0. The van der Waals surface area contributed by atoms with Gasteiger partial charge in [0, 0.05) is 0 Å². The maximum absolute atomic E-state index is 10.9. The number of benzene rings is 1. The Morgan fingerprint density at radius 3 is 2.40 bits per heavy atom. The second-order valence-corrected chi connectivity index (χ2v) is 6.13. The molecule has 2 rings (SSSR count). The van der Waals surface area contributed by atoms with Crippen LogP contribution in [0, 0.1) is 11.3 Å². The minimum atomic E-state index is -4.22. The average Bonchev–Trinajstić information content (AvgIpc) is 2.76. The van der Waals surface area contributed by atoms with Gasteiger partial charge in [-0.15, -0.1) is 10.2 Å². The Bertz CT molecular complexity index is 801. The van der Waals surface area contributed by atoms with Gasteiger partial charge in [-0.1, -0.05) is 11.3 Å². The Morgan fingerprint density at radius 1 is 1.25 bits per heavy atom. The van der Waals surface area contributed by atoms with Gasteiger partial charge in [-0.3, -0.25) is 4.55 Å². The molecule has 1 aromatic heterocycles. The summed E-state index contributed by atoms with van der Waals surface area (Å²) in [6.07, 6.45) is 0. The van der Waals surface area contributed by atoms with Crippen LogP contribution in [0.3, 0.4) is 0 Å². The monoisotopic (exact) mass is 308 g/mol. The third-order valence-corrected chi connectivity index (χ3v) is 3.98. The van der Waals surface area contributed by atoms with Crippen molar-refractivity contribution in [3.63, 3.8) is 0 Å². The van der Waals surface area contributed by atoms with Crippen molar-refractivity contribution in [2.45, 2.75) is 4.90 Å². The van der Waals surface area contributed by atoms with Gasteiger partial charge < -0.3 is 5.73 Å². The van der Waals surface area contributed by atoms with Crippen LogP contribution >= 0.6 is 11.3 Å². The van der Waals surface area contributed by atoms with E-state index in [4.69, 9.17) is 15.5 Å². The summed E-state index contributed by atoms with van der Waals surface area (Å²) in [6, 6.07) is 8.66. The lowest BCUT2D eigenvalue weighted by atomic mass is 10.3.